The second-order valence-electron chi connectivity index (χ2n) is 9.97. The highest BCUT2D eigenvalue weighted by atomic mass is 19.1. The van der Waals surface area contributed by atoms with Crippen LogP contribution in [0.15, 0.2) is 67.4 Å². The normalized spacial score (nSPS) is 22.2. The number of hydrogen-bond acceptors (Lipinski definition) is 7. The number of halogens is 1. The van der Waals surface area contributed by atoms with E-state index in [4.69, 9.17) is 15.2 Å². The lowest BCUT2D eigenvalue weighted by Gasteiger charge is -2.51. The highest BCUT2D eigenvalue weighted by Gasteiger charge is 2.47. The van der Waals surface area contributed by atoms with Gasteiger partial charge in [-0.05, 0) is 68.9 Å². The zero-order valence-corrected chi connectivity index (χ0v) is 20.5. The number of nitrogens with two attached hydrogens (primary N) is 1. The number of nitrogens with zero attached hydrogens (tertiary/aromatic N) is 2. The molecule has 8 nitrogen and oxygen atoms in total. The third-order valence-electron chi connectivity index (χ3n) is 7.31. The molecule has 1 aromatic heterocycles. The molecule has 0 radical (unpaired) electrons. The topological polar surface area (TPSA) is 111 Å². The van der Waals surface area contributed by atoms with E-state index in [1.165, 1.54) is 0 Å². The van der Waals surface area contributed by atoms with Crippen molar-refractivity contribution in [1.29, 1.82) is 0 Å². The van der Waals surface area contributed by atoms with Gasteiger partial charge in [-0.2, -0.15) is 9.37 Å². The molecule has 0 unspecified atom stereocenters. The summed E-state index contributed by atoms with van der Waals surface area (Å²) in [6.07, 6.45) is 8.72. The highest BCUT2D eigenvalue weighted by Crippen LogP contribution is 2.51. The van der Waals surface area contributed by atoms with E-state index in [1.807, 2.05) is 24.3 Å². The molecule has 1 amide bonds. The molecule has 3 aliphatic carbocycles. The first-order valence-corrected chi connectivity index (χ1v) is 12.4. The van der Waals surface area contributed by atoms with Crippen LogP contribution in [0.1, 0.15) is 38.5 Å². The van der Waals surface area contributed by atoms with Crippen LogP contribution in [0.2, 0.25) is 0 Å². The fourth-order valence-electron chi connectivity index (χ4n) is 4.96. The summed E-state index contributed by atoms with van der Waals surface area (Å²) in [6, 6.07) is 14.1. The average Bonchev–Trinajstić information content (AvgIpc) is 2.91. The SMILES string of the molecule is C=CC(=O)Nc1cccc(Oc2nc(Nc3cccc(OCC45CCC(N)(CC4)CC5)c3)ncc2F)c1. The smallest absolute Gasteiger partial charge is 0.260 e. The number of carbonyl (C=O) groups excluding carboxylic acids is 1. The molecular formula is C28H30FN5O3. The summed E-state index contributed by atoms with van der Waals surface area (Å²) in [5.41, 5.74) is 7.87. The standard InChI is InChI=1S/C28H30FN5O3/c1-2-24(35)32-19-5-4-8-22(16-19)37-25-23(29)17-31-26(34-25)33-20-6-3-7-21(15-20)36-18-27-9-12-28(30,13-10-27)14-11-27/h2-8,15-17H,1,9-14,18,30H2,(H,32,35)(H,31,33,34). The molecule has 0 saturated heterocycles. The van der Waals surface area contributed by atoms with Crippen molar-refractivity contribution in [2.75, 3.05) is 17.2 Å². The summed E-state index contributed by atoms with van der Waals surface area (Å²) >= 11 is 0. The largest absolute Gasteiger partial charge is 0.493 e. The number of hydrogen-bond donors (Lipinski definition) is 3. The molecule has 3 fully saturated rings. The molecule has 0 atom stereocenters. The quantitative estimate of drug-likeness (QED) is 0.321. The first-order chi connectivity index (χ1) is 17.8. The Balaban J connectivity index is 1.24. The van der Waals surface area contributed by atoms with Crippen molar-refractivity contribution < 1.29 is 18.7 Å². The predicted octanol–water partition coefficient (Wildman–Crippen LogP) is 5.71. The molecule has 37 heavy (non-hydrogen) atoms. The fourth-order valence-corrected chi connectivity index (χ4v) is 4.96. The first kappa shape index (κ1) is 24.7. The van der Waals surface area contributed by atoms with E-state index < -0.39 is 5.82 Å². The molecule has 192 valence electrons. The lowest BCUT2D eigenvalue weighted by Crippen LogP contribution is -2.53. The van der Waals surface area contributed by atoms with Gasteiger partial charge in [0, 0.05) is 34.5 Å². The molecule has 6 rings (SSSR count). The molecule has 1 heterocycles. The van der Waals surface area contributed by atoms with E-state index in [1.54, 1.807) is 24.3 Å². The minimum absolute atomic E-state index is 0.0353. The summed E-state index contributed by atoms with van der Waals surface area (Å²) in [5.74, 6) is -0.116. The van der Waals surface area contributed by atoms with E-state index in [0.717, 1.165) is 56.5 Å². The van der Waals surface area contributed by atoms with Gasteiger partial charge < -0.3 is 25.8 Å². The minimum Gasteiger partial charge on any atom is -0.493 e. The maximum Gasteiger partial charge on any atom is 0.260 e. The van der Waals surface area contributed by atoms with Crippen molar-refractivity contribution in [2.24, 2.45) is 11.1 Å². The summed E-state index contributed by atoms with van der Waals surface area (Å²) in [7, 11) is 0. The Labute approximate surface area is 215 Å². The van der Waals surface area contributed by atoms with Crippen molar-refractivity contribution in [3.63, 3.8) is 0 Å². The molecule has 0 spiro atoms. The predicted molar refractivity (Wildman–Crippen MR) is 140 cm³/mol. The van der Waals surface area contributed by atoms with Gasteiger partial charge in [0.1, 0.15) is 11.5 Å². The van der Waals surface area contributed by atoms with Gasteiger partial charge in [0.2, 0.25) is 17.7 Å². The Kier molecular flexibility index (Phi) is 6.80. The molecule has 4 N–H and O–H groups in total. The number of ether oxygens (including phenoxy) is 2. The Bertz CT molecular complexity index is 1290. The van der Waals surface area contributed by atoms with Gasteiger partial charge >= 0.3 is 0 Å². The van der Waals surface area contributed by atoms with E-state index in [9.17, 15) is 9.18 Å². The van der Waals surface area contributed by atoms with Gasteiger partial charge in [-0.1, -0.05) is 18.7 Å². The van der Waals surface area contributed by atoms with Gasteiger partial charge in [0.15, 0.2) is 0 Å². The Hall–Kier alpha value is -3.98. The minimum atomic E-state index is -0.719. The summed E-state index contributed by atoms with van der Waals surface area (Å²) < 4.78 is 26.2. The van der Waals surface area contributed by atoms with E-state index in [0.29, 0.717) is 23.7 Å². The number of aromatic nitrogens is 2. The van der Waals surface area contributed by atoms with Crippen molar-refractivity contribution in [2.45, 2.75) is 44.1 Å². The maximum atomic E-state index is 14.4. The number of anilines is 3. The third kappa shape index (κ3) is 5.89. The zero-order chi connectivity index (χ0) is 25.9. The summed E-state index contributed by atoms with van der Waals surface area (Å²) in [6.45, 7) is 4.09. The van der Waals surface area contributed by atoms with Crippen molar-refractivity contribution in [1.82, 2.24) is 9.97 Å². The van der Waals surface area contributed by atoms with Crippen LogP contribution in [0.4, 0.5) is 21.7 Å². The van der Waals surface area contributed by atoms with E-state index >= 15 is 0 Å². The van der Waals surface area contributed by atoms with Crippen molar-refractivity contribution >= 4 is 23.2 Å². The summed E-state index contributed by atoms with van der Waals surface area (Å²) in [5, 5.41) is 5.71. The van der Waals surface area contributed by atoms with E-state index in [2.05, 4.69) is 27.2 Å². The molecule has 3 saturated carbocycles. The highest BCUT2D eigenvalue weighted by molar-refractivity contribution is 5.98. The fraction of sp³-hybridized carbons (Fsp3) is 0.321. The zero-order valence-electron chi connectivity index (χ0n) is 20.5. The molecule has 2 aromatic carbocycles. The van der Waals surface area contributed by atoms with Crippen LogP contribution in [0.5, 0.6) is 17.4 Å². The second-order valence-corrected chi connectivity index (χ2v) is 9.97. The number of amides is 1. The van der Waals surface area contributed by atoms with Gasteiger partial charge in [-0.3, -0.25) is 4.79 Å². The lowest BCUT2D eigenvalue weighted by molar-refractivity contribution is -0.111. The average molecular weight is 504 g/mol. The maximum absolute atomic E-state index is 14.4. The van der Waals surface area contributed by atoms with Gasteiger partial charge in [0.05, 0.1) is 12.8 Å². The Morgan fingerprint density at radius 1 is 1.05 bits per heavy atom. The first-order valence-electron chi connectivity index (χ1n) is 12.4. The molecule has 0 aliphatic heterocycles. The molecule has 9 heteroatoms. The van der Waals surface area contributed by atoms with Crippen LogP contribution >= 0.6 is 0 Å². The number of nitrogens with one attached hydrogen (secondary N) is 2. The number of fused-ring (bicyclic) bond motifs is 3. The number of benzene rings is 2. The molecule has 3 aliphatic rings. The number of rotatable bonds is 9. The second kappa shape index (κ2) is 10.2. The monoisotopic (exact) mass is 503 g/mol. The van der Waals surface area contributed by atoms with Crippen LogP contribution in [0, 0.1) is 11.2 Å². The Morgan fingerprint density at radius 3 is 2.46 bits per heavy atom. The van der Waals surface area contributed by atoms with Crippen LogP contribution in [-0.2, 0) is 4.79 Å². The van der Waals surface area contributed by atoms with Crippen molar-refractivity contribution in [3.05, 3.63) is 73.2 Å². The van der Waals surface area contributed by atoms with Gasteiger partial charge in [-0.25, -0.2) is 4.98 Å². The molecule has 3 aromatic rings. The Morgan fingerprint density at radius 2 is 1.73 bits per heavy atom. The van der Waals surface area contributed by atoms with Crippen LogP contribution in [0.3, 0.4) is 0 Å². The molecular weight excluding hydrogens is 473 g/mol. The van der Waals surface area contributed by atoms with Gasteiger partial charge in [-0.15, -0.1) is 0 Å². The lowest BCUT2D eigenvalue weighted by atomic mass is 9.58. The van der Waals surface area contributed by atoms with Crippen LogP contribution in [0.25, 0.3) is 0 Å². The van der Waals surface area contributed by atoms with Crippen LogP contribution in [-0.4, -0.2) is 28.0 Å². The van der Waals surface area contributed by atoms with Crippen LogP contribution < -0.4 is 25.8 Å². The van der Waals surface area contributed by atoms with E-state index in [-0.39, 0.29) is 28.7 Å². The van der Waals surface area contributed by atoms with Gasteiger partial charge in [0.25, 0.3) is 5.88 Å². The van der Waals surface area contributed by atoms with Crippen molar-refractivity contribution in [3.8, 4) is 17.4 Å². The summed E-state index contributed by atoms with van der Waals surface area (Å²) in [4.78, 5) is 19.8. The number of carbonyl (C=O) groups is 1. The third-order valence-corrected chi connectivity index (χ3v) is 7.31. The molecule has 2 bridgehead atoms.